The topological polar surface area (TPSA) is 95.9 Å². The molecule has 0 saturated heterocycles. The van der Waals surface area contributed by atoms with Crippen LogP contribution in [0.3, 0.4) is 0 Å². The summed E-state index contributed by atoms with van der Waals surface area (Å²) in [5.41, 5.74) is 1.21. The molecule has 7 nitrogen and oxygen atoms in total. The van der Waals surface area contributed by atoms with E-state index in [-0.39, 0.29) is 18.9 Å². The number of para-hydroxylation sites is 2. The van der Waals surface area contributed by atoms with Gasteiger partial charge in [0.05, 0.1) is 18.2 Å². The van der Waals surface area contributed by atoms with Gasteiger partial charge in [0.25, 0.3) is 5.91 Å². The van der Waals surface area contributed by atoms with Crippen molar-refractivity contribution in [1.82, 2.24) is 5.32 Å². The molecular formula is C20H20N2O5. The Morgan fingerprint density at radius 2 is 1.81 bits per heavy atom. The molecule has 2 aromatic carbocycles. The van der Waals surface area contributed by atoms with Crippen LogP contribution in [0.25, 0.3) is 0 Å². The fourth-order valence-corrected chi connectivity index (χ4v) is 3.02. The highest BCUT2D eigenvalue weighted by Gasteiger charge is 2.33. The number of fused-ring (bicyclic) bond motifs is 1. The highest BCUT2D eigenvalue weighted by atomic mass is 16.5. The van der Waals surface area contributed by atoms with Gasteiger partial charge in [0.2, 0.25) is 5.91 Å². The molecule has 0 unspecified atom stereocenters. The zero-order chi connectivity index (χ0) is 19.4. The molecule has 2 atom stereocenters. The number of nitrogens with zero attached hydrogens (tertiary/aromatic N) is 1. The Morgan fingerprint density at radius 1 is 1.15 bits per heavy atom. The molecule has 0 spiro atoms. The van der Waals surface area contributed by atoms with Gasteiger partial charge in [-0.05, 0) is 24.6 Å². The molecule has 2 N–H and O–H groups in total. The molecular weight excluding hydrogens is 348 g/mol. The summed E-state index contributed by atoms with van der Waals surface area (Å²) in [5, 5.41) is 11.9. The number of hydrogen-bond donors (Lipinski definition) is 2. The van der Waals surface area contributed by atoms with Crippen LogP contribution in [0.15, 0.2) is 54.6 Å². The summed E-state index contributed by atoms with van der Waals surface area (Å²) >= 11 is 0. The van der Waals surface area contributed by atoms with Crippen LogP contribution in [0, 0.1) is 0 Å². The predicted octanol–water partition coefficient (Wildman–Crippen LogP) is 2.13. The lowest BCUT2D eigenvalue weighted by Crippen LogP contribution is -2.49. The van der Waals surface area contributed by atoms with E-state index >= 15 is 0 Å². The number of hydrogen-bond acceptors (Lipinski definition) is 4. The number of ether oxygens (including phenoxy) is 1. The standard InChI is InChI=1S/C20H20N2O5/c1-13-20(26)22(16-9-5-6-10-17(16)27-13)12-18(23)21-15(11-19(24)25)14-7-3-2-4-8-14/h2-10,13,15H,11-12H2,1H3,(H,21,23)(H,24,25)/t13-,15+/m1/s1. The van der Waals surface area contributed by atoms with Crippen LogP contribution in [-0.4, -0.2) is 35.5 Å². The van der Waals surface area contributed by atoms with Gasteiger partial charge in [0.15, 0.2) is 6.10 Å². The average Bonchev–Trinajstić information content (AvgIpc) is 2.65. The molecule has 0 saturated carbocycles. The van der Waals surface area contributed by atoms with Gasteiger partial charge in [0.1, 0.15) is 12.3 Å². The number of rotatable bonds is 6. The van der Waals surface area contributed by atoms with Crippen molar-refractivity contribution in [3.05, 3.63) is 60.2 Å². The van der Waals surface area contributed by atoms with Gasteiger partial charge in [-0.2, -0.15) is 0 Å². The molecule has 1 aliphatic rings. The number of carbonyl (C=O) groups excluding carboxylic acids is 2. The SMILES string of the molecule is C[C@H]1Oc2ccccc2N(CC(=O)N[C@@H](CC(=O)O)c2ccccc2)C1=O. The zero-order valence-electron chi connectivity index (χ0n) is 14.8. The smallest absolute Gasteiger partial charge is 0.305 e. The third-order valence-corrected chi connectivity index (χ3v) is 4.29. The van der Waals surface area contributed by atoms with Gasteiger partial charge in [0, 0.05) is 0 Å². The third-order valence-electron chi connectivity index (χ3n) is 4.29. The Kier molecular flexibility index (Phi) is 5.40. The molecule has 140 valence electrons. The van der Waals surface area contributed by atoms with E-state index in [0.29, 0.717) is 17.0 Å². The van der Waals surface area contributed by atoms with Gasteiger partial charge in [-0.15, -0.1) is 0 Å². The van der Waals surface area contributed by atoms with E-state index in [1.807, 2.05) is 6.07 Å². The van der Waals surface area contributed by atoms with Crippen molar-refractivity contribution in [1.29, 1.82) is 0 Å². The molecule has 3 rings (SSSR count). The first kappa shape index (κ1) is 18.4. The molecule has 0 bridgehead atoms. The summed E-state index contributed by atoms with van der Waals surface area (Å²) in [6.45, 7) is 1.41. The monoisotopic (exact) mass is 368 g/mol. The van der Waals surface area contributed by atoms with Gasteiger partial charge in [-0.25, -0.2) is 0 Å². The van der Waals surface area contributed by atoms with Gasteiger partial charge < -0.3 is 15.2 Å². The first-order chi connectivity index (χ1) is 13.0. The number of nitrogens with one attached hydrogen (secondary N) is 1. The molecule has 0 aliphatic carbocycles. The molecule has 2 amide bonds. The molecule has 0 fully saturated rings. The normalized spacial score (nSPS) is 16.9. The van der Waals surface area contributed by atoms with Crippen LogP contribution < -0.4 is 15.0 Å². The Morgan fingerprint density at radius 3 is 2.52 bits per heavy atom. The zero-order valence-corrected chi connectivity index (χ0v) is 14.8. The van der Waals surface area contributed by atoms with E-state index in [4.69, 9.17) is 9.84 Å². The van der Waals surface area contributed by atoms with Crippen LogP contribution in [0.2, 0.25) is 0 Å². The summed E-state index contributed by atoms with van der Waals surface area (Å²) in [5.74, 6) is -1.26. The largest absolute Gasteiger partial charge is 0.481 e. The number of benzene rings is 2. The maximum absolute atomic E-state index is 12.6. The summed E-state index contributed by atoms with van der Waals surface area (Å²) in [7, 11) is 0. The van der Waals surface area contributed by atoms with Gasteiger partial charge in [-0.3, -0.25) is 19.3 Å². The maximum Gasteiger partial charge on any atom is 0.305 e. The Bertz CT molecular complexity index is 852. The third kappa shape index (κ3) is 4.25. The van der Waals surface area contributed by atoms with E-state index in [1.54, 1.807) is 55.5 Å². The Labute approximate surface area is 156 Å². The van der Waals surface area contributed by atoms with E-state index in [0.717, 1.165) is 0 Å². The fourth-order valence-electron chi connectivity index (χ4n) is 3.02. The van der Waals surface area contributed by atoms with Crippen molar-refractivity contribution in [2.75, 3.05) is 11.4 Å². The predicted molar refractivity (Wildman–Crippen MR) is 98.5 cm³/mol. The van der Waals surface area contributed by atoms with Crippen LogP contribution in [-0.2, 0) is 14.4 Å². The molecule has 1 aliphatic heterocycles. The lowest BCUT2D eigenvalue weighted by molar-refractivity contribution is -0.138. The van der Waals surface area contributed by atoms with E-state index in [2.05, 4.69) is 5.32 Å². The number of carbonyl (C=O) groups is 3. The molecule has 7 heteroatoms. The highest BCUT2D eigenvalue weighted by molar-refractivity contribution is 6.03. The quantitative estimate of drug-likeness (QED) is 0.814. The van der Waals surface area contributed by atoms with Crippen molar-refractivity contribution in [3.8, 4) is 5.75 Å². The molecule has 0 aromatic heterocycles. The number of amides is 2. The summed E-state index contributed by atoms with van der Waals surface area (Å²) in [4.78, 5) is 37.6. The van der Waals surface area contributed by atoms with Crippen molar-refractivity contribution in [2.24, 2.45) is 0 Å². The van der Waals surface area contributed by atoms with Crippen LogP contribution >= 0.6 is 0 Å². The summed E-state index contributed by atoms with van der Waals surface area (Å²) in [6, 6.07) is 15.2. The second-order valence-corrected chi connectivity index (χ2v) is 6.28. The lowest BCUT2D eigenvalue weighted by atomic mass is 10.0. The van der Waals surface area contributed by atoms with E-state index in [9.17, 15) is 14.4 Å². The minimum atomic E-state index is -1.02. The van der Waals surface area contributed by atoms with E-state index in [1.165, 1.54) is 4.90 Å². The summed E-state index contributed by atoms with van der Waals surface area (Å²) < 4.78 is 5.56. The van der Waals surface area contributed by atoms with Gasteiger partial charge >= 0.3 is 5.97 Å². The number of anilines is 1. The highest BCUT2D eigenvalue weighted by Crippen LogP contribution is 2.33. The van der Waals surface area contributed by atoms with Crippen molar-refractivity contribution < 1.29 is 24.2 Å². The maximum atomic E-state index is 12.6. The first-order valence-electron chi connectivity index (χ1n) is 8.59. The number of carboxylic acids is 1. The molecule has 1 heterocycles. The van der Waals surface area contributed by atoms with Crippen molar-refractivity contribution >= 4 is 23.5 Å². The number of aliphatic carboxylic acids is 1. The van der Waals surface area contributed by atoms with Crippen LogP contribution in [0.4, 0.5) is 5.69 Å². The van der Waals surface area contributed by atoms with Crippen LogP contribution in [0.5, 0.6) is 5.75 Å². The Balaban J connectivity index is 1.77. The second-order valence-electron chi connectivity index (χ2n) is 6.28. The summed E-state index contributed by atoms with van der Waals surface area (Å²) in [6.07, 6.45) is -0.948. The van der Waals surface area contributed by atoms with Crippen molar-refractivity contribution in [3.63, 3.8) is 0 Å². The van der Waals surface area contributed by atoms with Crippen molar-refractivity contribution in [2.45, 2.75) is 25.5 Å². The Hall–Kier alpha value is -3.35. The lowest BCUT2D eigenvalue weighted by Gasteiger charge is -2.32. The average molecular weight is 368 g/mol. The minimum absolute atomic E-state index is 0.216. The second kappa shape index (κ2) is 7.90. The number of carboxylic acid groups (broad SMARTS) is 1. The molecule has 2 aromatic rings. The fraction of sp³-hybridized carbons (Fsp3) is 0.250. The van der Waals surface area contributed by atoms with Gasteiger partial charge in [-0.1, -0.05) is 42.5 Å². The molecule has 0 radical (unpaired) electrons. The molecule has 27 heavy (non-hydrogen) atoms. The van der Waals surface area contributed by atoms with E-state index < -0.39 is 24.0 Å². The van der Waals surface area contributed by atoms with Crippen LogP contribution in [0.1, 0.15) is 24.9 Å². The first-order valence-corrected chi connectivity index (χ1v) is 8.59. The minimum Gasteiger partial charge on any atom is -0.481 e.